The molecule has 29 heavy (non-hydrogen) atoms. The van der Waals surface area contributed by atoms with Crippen molar-refractivity contribution in [2.45, 2.75) is 6.92 Å². The van der Waals surface area contributed by atoms with E-state index in [-0.39, 0.29) is 13.2 Å². The molecule has 3 N–H and O–H groups in total. The zero-order valence-corrected chi connectivity index (χ0v) is 16.3. The summed E-state index contributed by atoms with van der Waals surface area (Å²) < 4.78 is 11.3. The summed E-state index contributed by atoms with van der Waals surface area (Å²) in [6.45, 7) is 1.94. The van der Waals surface area contributed by atoms with Crippen LogP contribution in [0, 0.1) is 6.92 Å². The molecule has 0 radical (unpaired) electrons. The first-order valence-electron chi connectivity index (χ1n) is 8.88. The number of fused-ring (bicyclic) bond motifs is 1. The second-order valence-corrected chi connectivity index (χ2v) is 6.60. The number of aliphatic hydroxyl groups is 1. The van der Waals surface area contributed by atoms with Gasteiger partial charge in [0.2, 0.25) is 5.88 Å². The molecule has 148 valence electrons. The highest BCUT2D eigenvalue weighted by Gasteiger charge is 2.14. The average Bonchev–Trinajstić information content (AvgIpc) is 3.14. The van der Waals surface area contributed by atoms with E-state index in [4.69, 9.17) is 26.2 Å². The van der Waals surface area contributed by atoms with Crippen LogP contribution in [-0.4, -0.2) is 38.5 Å². The maximum atomic E-state index is 8.99. The molecular formula is C20H18ClN5O3. The molecule has 4 aromatic rings. The van der Waals surface area contributed by atoms with Gasteiger partial charge >= 0.3 is 0 Å². The lowest BCUT2D eigenvalue weighted by molar-refractivity contribution is 0.198. The highest BCUT2D eigenvalue weighted by atomic mass is 35.5. The number of aryl methyl sites for hydroxylation is 1. The highest BCUT2D eigenvalue weighted by Crippen LogP contribution is 2.34. The van der Waals surface area contributed by atoms with Crippen LogP contribution < -0.4 is 14.8 Å². The van der Waals surface area contributed by atoms with E-state index < -0.39 is 0 Å². The Hall–Kier alpha value is -3.36. The molecule has 9 heteroatoms. The van der Waals surface area contributed by atoms with Crippen LogP contribution in [0.15, 0.2) is 48.8 Å². The number of benzene rings is 1. The van der Waals surface area contributed by atoms with Crippen LogP contribution in [0.25, 0.3) is 10.9 Å². The lowest BCUT2D eigenvalue weighted by Crippen LogP contribution is -2.03. The summed E-state index contributed by atoms with van der Waals surface area (Å²) in [5.41, 5.74) is 2.39. The third-order valence-electron chi connectivity index (χ3n) is 4.08. The molecule has 3 aromatic heterocycles. The number of nitrogens with one attached hydrogen (secondary N) is 2. The fourth-order valence-corrected chi connectivity index (χ4v) is 2.94. The summed E-state index contributed by atoms with van der Waals surface area (Å²) in [4.78, 5) is 8.58. The first kappa shape index (κ1) is 19.0. The van der Waals surface area contributed by atoms with Crippen LogP contribution in [0.2, 0.25) is 5.02 Å². The minimum Gasteiger partial charge on any atom is -0.474 e. The number of halogens is 1. The quantitative estimate of drug-likeness (QED) is 0.418. The Morgan fingerprint density at radius 1 is 1.17 bits per heavy atom. The monoisotopic (exact) mass is 411 g/mol. The highest BCUT2D eigenvalue weighted by molar-refractivity contribution is 6.32. The number of hydrogen-bond acceptors (Lipinski definition) is 7. The minimum atomic E-state index is -0.106. The fraction of sp³-hybridized carbons (Fsp3) is 0.150. The molecule has 0 bridgehead atoms. The van der Waals surface area contributed by atoms with Crippen molar-refractivity contribution in [3.8, 4) is 17.4 Å². The zero-order chi connectivity index (χ0) is 20.2. The van der Waals surface area contributed by atoms with Gasteiger partial charge in [0.1, 0.15) is 29.3 Å². The molecule has 0 fully saturated rings. The molecule has 0 aliphatic rings. The van der Waals surface area contributed by atoms with Crippen molar-refractivity contribution in [3.63, 3.8) is 0 Å². The SMILES string of the molecule is Cc1ccc(Oc2ccc(Nc3nccc4[nH]nc(OCCO)c34)cc2Cl)cn1. The minimum absolute atomic E-state index is 0.106. The summed E-state index contributed by atoms with van der Waals surface area (Å²) >= 11 is 6.40. The second-order valence-electron chi connectivity index (χ2n) is 6.19. The predicted molar refractivity (Wildman–Crippen MR) is 110 cm³/mol. The van der Waals surface area contributed by atoms with E-state index in [0.29, 0.717) is 33.6 Å². The van der Waals surface area contributed by atoms with Crippen molar-refractivity contribution >= 4 is 34.0 Å². The third-order valence-corrected chi connectivity index (χ3v) is 4.37. The normalized spacial score (nSPS) is 10.9. The molecule has 1 aromatic carbocycles. The van der Waals surface area contributed by atoms with Gasteiger partial charge in [-0.25, -0.2) is 4.98 Å². The molecule has 4 rings (SSSR count). The van der Waals surface area contributed by atoms with Gasteiger partial charge in [-0.15, -0.1) is 5.10 Å². The maximum Gasteiger partial charge on any atom is 0.244 e. The molecule has 0 saturated heterocycles. The third kappa shape index (κ3) is 4.23. The topological polar surface area (TPSA) is 105 Å². The van der Waals surface area contributed by atoms with Crippen LogP contribution in [-0.2, 0) is 0 Å². The number of aliphatic hydroxyl groups excluding tert-OH is 1. The largest absolute Gasteiger partial charge is 0.474 e. The molecule has 0 saturated carbocycles. The van der Waals surface area contributed by atoms with Crippen LogP contribution in [0.1, 0.15) is 5.69 Å². The zero-order valence-electron chi connectivity index (χ0n) is 15.5. The number of aromatic amines is 1. The van der Waals surface area contributed by atoms with E-state index in [0.717, 1.165) is 16.9 Å². The van der Waals surface area contributed by atoms with Gasteiger partial charge in [-0.05, 0) is 43.3 Å². The van der Waals surface area contributed by atoms with Gasteiger partial charge in [-0.2, -0.15) is 0 Å². The van der Waals surface area contributed by atoms with Gasteiger partial charge in [0.05, 0.1) is 23.3 Å². The van der Waals surface area contributed by atoms with Crippen molar-refractivity contribution in [1.29, 1.82) is 0 Å². The Kier molecular flexibility index (Phi) is 5.46. The number of H-pyrrole nitrogens is 1. The van der Waals surface area contributed by atoms with Gasteiger partial charge in [0.15, 0.2) is 0 Å². The number of hydrogen-bond donors (Lipinski definition) is 3. The molecule has 0 unspecified atom stereocenters. The van der Waals surface area contributed by atoms with E-state index in [1.807, 2.05) is 25.1 Å². The van der Waals surface area contributed by atoms with E-state index in [1.165, 1.54) is 0 Å². The summed E-state index contributed by atoms with van der Waals surface area (Å²) in [7, 11) is 0. The van der Waals surface area contributed by atoms with Crippen molar-refractivity contribution < 1.29 is 14.6 Å². The molecular weight excluding hydrogens is 394 g/mol. The van der Waals surface area contributed by atoms with E-state index in [2.05, 4.69) is 25.5 Å². The van der Waals surface area contributed by atoms with Crippen molar-refractivity contribution in [2.24, 2.45) is 0 Å². The number of rotatable bonds is 7. The molecule has 0 aliphatic carbocycles. The Morgan fingerprint density at radius 2 is 2.07 bits per heavy atom. The van der Waals surface area contributed by atoms with Crippen LogP contribution >= 0.6 is 11.6 Å². The van der Waals surface area contributed by atoms with Gasteiger partial charge < -0.3 is 19.9 Å². The van der Waals surface area contributed by atoms with Gasteiger partial charge in [-0.1, -0.05) is 11.6 Å². The van der Waals surface area contributed by atoms with E-state index in [9.17, 15) is 0 Å². The van der Waals surface area contributed by atoms with Gasteiger partial charge in [0.25, 0.3) is 0 Å². The van der Waals surface area contributed by atoms with E-state index in [1.54, 1.807) is 30.6 Å². The molecule has 0 spiro atoms. The van der Waals surface area contributed by atoms with Gasteiger partial charge in [-0.3, -0.25) is 10.1 Å². The Labute approximate surface area is 171 Å². The Bertz CT molecular complexity index is 1130. The fourth-order valence-electron chi connectivity index (χ4n) is 2.72. The molecule has 3 heterocycles. The van der Waals surface area contributed by atoms with Crippen LogP contribution in [0.5, 0.6) is 17.4 Å². The Balaban J connectivity index is 1.57. The summed E-state index contributed by atoms with van der Waals surface area (Å²) in [5.74, 6) is 2.04. The van der Waals surface area contributed by atoms with Crippen molar-refractivity contribution in [1.82, 2.24) is 20.2 Å². The van der Waals surface area contributed by atoms with Crippen molar-refractivity contribution in [3.05, 3.63) is 59.5 Å². The smallest absolute Gasteiger partial charge is 0.244 e. The van der Waals surface area contributed by atoms with Crippen molar-refractivity contribution in [2.75, 3.05) is 18.5 Å². The van der Waals surface area contributed by atoms with Crippen LogP contribution in [0.3, 0.4) is 0 Å². The number of pyridine rings is 2. The Morgan fingerprint density at radius 3 is 2.83 bits per heavy atom. The summed E-state index contributed by atoms with van der Waals surface area (Å²) in [6.07, 6.45) is 3.30. The van der Waals surface area contributed by atoms with Gasteiger partial charge in [0, 0.05) is 17.6 Å². The summed E-state index contributed by atoms with van der Waals surface area (Å²) in [6, 6.07) is 10.8. The predicted octanol–water partition coefficient (Wildman–Crippen LogP) is 4.22. The number of ether oxygens (including phenoxy) is 2. The first-order chi connectivity index (χ1) is 14.1. The standard InChI is InChI=1S/C20H18ClN5O3/c1-12-2-4-14(11-23-12)29-17-5-3-13(10-15(17)21)24-19-18-16(6-7-22-19)25-26-20(18)28-9-8-27/h2-7,10-11,27H,8-9H2,1H3,(H,22,24)(H,25,26). The first-order valence-corrected chi connectivity index (χ1v) is 9.25. The lowest BCUT2D eigenvalue weighted by atomic mass is 10.2. The van der Waals surface area contributed by atoms with Crippen LogP contribution in [0.4, 0.5) is 11.5 Å². The number of aromatic nitrogens is 4. The molecule has 8 nitrogen and oxygen atoms in total. The lowest BCUT2D eigenvalue weighted by Gasteiger charge is -2.11. The average molecular weight is 412 g/mol. The number of nitrogens with zero attached hydrogens (tertiary/aromatic N) is 3. The number of anilines is 2. The molecule has 0 atom stereocenters. The van der Waals surface area contributed by atoms with E-state index >= 15 is 0 Å². The second kappa shape index (κ2) is 8.34. The maximum absolute atomic E-state index is 8.99. The molecule has 0 aliphatic heterocycles. The summed E-state index contributed by atoms with van der Waals surface area (Å²) in [5, 5.41) is 20.4. The molecule has 0 amide bonds.